The summed E-state index contributed by atoms with van der Waals surface area (Å²) in [5, 5.41) is 6.88. The van der Waals surface area contributed by atoms with Crippen LogP contribution in [-0.2, 0) is 0 Å². The summed E-state index contributed by atoms with van der Waals surface area (Å²) in [7, 11) is 0. The second-order valence-corrected chi connectivity index (χ2v) is 5.59. The van der Waals surface area contributed by atoms with Gasteiger partial charge in [0.25, 0.3) is 11.8 Å². The van der Waals surface area contributed by atoms with Crippen molar-refractivity contribution in [2.45, 2.75) is 0 Å². The Morgan fingerprint density at radius 1 is 1.08 bits per heavy atom. The van der Waals surface area contributed by atoms with E-state index >= 15 is 0 Å². The quantitative estimate of drug-likeness (QED) is 0.763. The first-order chi connectivity index (χ1) is 11.6. The lowest BCUT2D eigenvalue weighted by Gasteiger charge is -2.07. The smallest absolute Gasteiger partial charge is 0.275 e. The lowest BCUT2D eigenvalue weighted by molar-refractivity contribution is 0.102. The standard InChI is InChI=1S/C16H11FN4O2S/c17-10-2-1-3-11(8-10)20-16(23)14-12(4-7-24-14)21-15(22)13-9-18-5-6-19-13/h1-9H,(H,20,23)(H,21,22). The molecule has 2 aromatic heterocycles. The minimum Gasteiger partial charge on any atom is -0.321 e. The number of nitrogens with zero attached hydrogens (tertiary/aromatic N) is 2. The molecule has 2 amide bonds. The number of rotatable bonds is 4. The van der Waals surface area contributed by atoms with Crippen molar-refractivity contribution < 1.29 is 14.0 Å². The van der Waals surface area contributed by atoms with Crippen LogP contribution >= 0.6 is 11.3 Å². The lowest BCUT2D eigenvalue weighted by atomic mass is 10.3. The molecule has 6 nitrogen and oxygen atoms in total. The highest BCUT2D eigenvalue weighted by molar-refractivity contribution is 7.12. The van der Waals surface area contributed by atoms with E-state index in [1.165, 1.54) is 36.8 Å². The van der Waals surface area contributed by atoms with E-state index in [-0.39, 0.29) is 5.69 Å². The van der Waals surface area contributed by atoms with Gasteiger partial charge in [-0.1, -0.05) is 6.07 Å². The zero-order valence-electron chi connectivity index (χ0n) is 12.2. The first kappa shape index (κ1) is 15.8. The number of halogens is 1. The molecule has 24 heavy (non-hydrogen) atoms. The number of anilines is 2. The van der Waals surface area contributed by atoms with Gasteiger partial charge in [-0.3, -0.25) is 14.6 Å². The molecule has 0 unspecified atom stereocenters. The largest absolute Gasteiger partial charge is 0.321 e. The Morgan fingerprint density at radius 3 is 2.71 bits per heavy atom. The van der Waals surface area contributed by atoms with Gasteiger partial charge in [0.15, 0.2) is 0 Å². The zero-order chi connectivity index (χ0) is 16.9. The van der Waals surface area contributed by atoms with E-state index in [9.17, 15) is 14.0 Å². The van der Waals surface area contributed by atoms with Crippen LogP contribution in [0.4, 0.5) is 15.8 Å². The fraction of sp³-hybridized carbons (Fsp3) is 0. The van der Waals surface area contributed by atoms with E-state index in [1.807, 2.05) is 0 Å². The molecule has 3 aromatic rings. The molecule has 2 N–H and O–H groups in total. The van der Waals surface area contributed by atoms with Crippen molar-refractivity contribution in [2.75, 3.05) is 10.6 Å². The molecule has 0 radical (unpaired) electrons. The topological polar surface area (TPSA) is 84.0 Å². The van der Waals surface area contributed by atoms with E-state index in [2.05, 4.69) is 20.6 Å². The van der Waals surface area contributed by atoms with Gasteiger partial charge >= 0.3 is 0 Å². The average Bonchev–Trinajstić information content (AvgIpc) is 3.04. The van der Waals surface area contributed by atoms with Crippen molar-refractivity contribution in [2.24, 2.45) is 0 Å². The number of aromatic nitrogens is 2. The van der Waals surface area contributed by atoms with Crippen LogP contribution in [-0.4, -0.2) is 21.8 Å². The lowest BCUT2D eigenvalue weighted by Crippen LogP contribution is -2.17. The normalized spacial score (nSPS) is 10.2. The van der Waals surface area contributed by atoms with Gasteiger partial charge in [0.1, 0.15) is 16.4 Å². The molecule has 0 saturated heterocycles. The van der Waals surface area contributed by atoms with Gasteiger partial charge in [0.2, 0.25) is 0 Å². The molecule has 0 saturated carbocycles. The van der Waals surface area contributed by atoms with Crippen molar-refractivity contribution in [1.82, 2.24) is 9.97 Å². The van der Waals surface area contributed by atoms with Crippen molar-refractivity contribution >= 4 is 34.5 Å². The molecule has 0 aliphatic heterocycles. The van der Waals surface area contributed by atoms with Crippen LogP contribution in [0.3, 0.4) is 0 Å². The first-order valence-corrected chi connectivity index (χ1v) is 7.73. The van der Waals surface area contributed by atoms with Gasteiger partial charge in [0, 0.05) is 18.1 Å². The molecule has 0 bridgehead atoms. The first-order valence-electron chi connectivity index (χ1n) is 6.85. The Bertz CT molecular complexity index is 883. The van der Waals surface area contributed by atoms with Crippen LogP contribution in [0, 0.1) is 5.82 Å². The Morgan fingerprint density at radius 2 is 1.96 bits per heavy atom. The molecular formula is C16H11FN4O2S. The Hall–Kier alpha value is -3.13. The highest BCUT2D eigenvalue weighted by Gasteiger charge is 2.17. The summed E-state index contributed by atoms with van der Waals surface area (Å²) in [5.41, 5.74) is 0.823. The number of hydrogen-bond acceptors (Lipinski definition) is 5. The van der Waals surface area contributed by atoms with Gasteiger partial charge in [-0.2, -0.15) is 0 Å². The molecule has 120 valence electrons. The molecule has 3 rings (SSSR count). The number of thiophene rings is 1. The predicted molar refractivity (Wildman–Crippen MR) is 88.7 cm³/mol. The molecule has 0 fully saturated rings. The van der Waals surface area contributed by atoms with Crippen LogP contribution in [0.2, 0.25) is 0 Å². The molecule has 1 aromatic carbocycles. The maximum absolute atomic E-state index is 13.2. The van der Waals surface area contributed by atoms with Gasteiger partial charge in [-0.15, -0.1) is 11.3 Å². The van der Waals surface area contributed by atoms with E-state index < -0.39 is 17.6 Å². The van der Waals surface area contributed by atoms with Crippen molar-refractivity contribution in [1.29, 1.82) is 0 Å². The van der Waals surface area contributed by atoms with Gasteiger partial charge in [-0.25, -0.2) is 9.37 Å². The van der Waals surface area contributed by atoms with E-state index in [4.69, 9.17) is 0 Å². The highest BCUT2D eigenvalue weighted by Crippen LogP contribution is 2.24. The summed E-state index contributed by atoms with van der Waals surface area (Å²) in [4.78, 5) is 32.4. The molecule has 0 aliphatic carbocycles. The summed E-state index contributed by atoms with van der Waals surface area (Å²) < 4.78 is 13.2. The van der Waals surface area contributed by atoms with Crippen LogP contribution in [0.15, 0.2) is 54.3 Å². The van der Waals surface area contributed by atoms with Crippen molar-refractivity contribution in [3.05, 3.63) is 70.7 Å². The van der Waals surface area contributed by atoms with Crippen molar-refractivity contribution in [3.63, 3.8) is 0 Å². The van der Waals surface area contributed by atoms with Crippen LogP contribution < -0.4 is 10.6 Å². The second-order valence-electron chi connectivity index (χ2n) is 4.67. The minimum absolute atomic E-state index is 0.139. The Balaban J connectivity index is 1.75. The summed E-state index contributed by atoms with van der Waals surface area (Å²) in [6, 6.07) is 7.18. The molecule has 8 heteroatoms. The summed E-state index contributed by atoms with van der Waals surface area (Å²) in [6.45, 7) is 0. The third-order valence-corrected chi connectivity index (χ3v) is 3.91. The number of amides is 2. The molecule has 0 spiro atoms. The fourth-order valence-electron chi connectivity index (χ4n) is 1.94. The Labute approximate surface area is 140 Å². The van der Waals surface area contributed by atoms with E-state index in [0.29, 0.717) is 16.3 Å². The maximum Gasteiger partial charge on any atom is 0.275 e. The van der Waals surface area contributed by atoms with Crippen LogP contribution in [0.25, 0.3) is 0 Å². The SMILES string of the molecule is O=C(Nc1ccsc1C(=O)Nc1cccc(F)c1)c1cnccn1. The summed E-state index contributed by atoms with van der Waals surface area (Å²) in [5.74, 6) is -1.36. The van der Waals surface area contributed by atoms with E-state index in [1.54, 1.807) is 17.5 Å². The summed E-state index contributed by atoms with van der Waals surface area (Å²) in [6.07, 6.45) is 4.19. The van der Waals surface area contributed by atoms with Crippen LogP contribution in [0.5, 0.6) is 0 Å². The summed E-state index contributed by atoms with van der Waals surface area (Å²) >= 11 is 1.16. The van der Waals surface area contributed by atoms with Gasteiger partial charge in [-0.05, 0) is 29.6 Å². The minimum atomic E-state index is -0.471. The predicted octanol–water partition coefficient (Wildman–Crippen LogP) is 3.18. The maximum atomic E-state index is 13.2. The second kappa shape index (κ2) is 6.97. The monoisotopic (exact) mass is 342 g/mol. The third-order valence-electron chi connectivity index (χ3n) is 3.00. The zero-order valence-corrected chi connectivity index (χ0v) is 13.0. The molecule has 0 atom stereocenters. The highest BCUT2D eigenvalue weighted by atomic mass is 32.1. The van der Waals surface area contributed by atoms with Crippen molar-refractivity contribution in [3.8, 4) is 0 Å². The Kier molecular flexibility index (Phi) is 4.57. The van der Waals surface area contributed by atoms with E-state index in [0.717, 1.165) is 11.3 Å². The number of carbonyl (C=O) groups is 2. The average molecular weight is 342 g/mol. The number of carbonyl (C=O) groups excluding carboxylic acids is 2. The van der Waals surface area contributed by atoms with Gasteiger partial charge in [0.05, 0.1) is 11.9 Å². The van der Waals surface area contributed by atoms with Gasteiger partial charge < -0.3 is 10.6 Å². The number of benzene rings is 1. The molecule has 2 heterocycles. The number of hydrogen-bond donors (Lipinski definition) is 2. The number of nitrogens with one attached hydrogen (secondary N) is 2. The van der Waals surface area contributed by atoms with Crippen LogP contribution in [0.1, 0.15) is 20.2 Å². The molecule has 0 aliphatic rings. The fourth-order valence-corrected chi connectivity index (χ4v) is 2.68. The molecular weight excluding hydrogens is 331 g/mol. The third kappa shape index (κ3) is 3.61.